The Kier molecular flexibility index (Phi) is 5.20. The van der Waals surface area contributed by atoms with Crippen molar-refractivity contribution in [1.29, 1.82) is 0 Å². The fourth-order valence-corrected chi connectivity index (χ4v) is 4.16. The topological polar surface area (TPSA) is 63.7 Å². The highest BCUT2D eigenvalue weighted by atomic mass is 32.2. The zero-order valence-corrected chi connectivity index (χ0v) is 15.5. The molecule has 1 aliphatic rings. The molecule has 1 atom stereocenters. The minimum Gasteiger partial charge on any atom is -0.497 e. The van der Waals surface area contributed by atoms with Gasteiger partial charge in [-0.1, -0.05) is 6.07 Å². The Morgan fingerprint density at radius 2 is 1.82 bits per heavy atom. The number of ether oxygens (including phenoxy) is 1. The monoisotopic (exact) mass is 411 g/mol. The fraction of sp³-hybridized carbons (Fsp3) is 0.211. The van der Waals surface area contributed by atoms with Gasteiger partial charge >= 0.3 is 6.18 Å². The van der Waals surface area contributed by atoms with Crippen LogP contribution in [-0.2, 0) is 16.0 Å². The zero-order chi connectivity index (χ0) is 20.5. The van der Waals surface area contributed by atoms with Crippen LogP contribution in [0.4, 0.5) is 18.9 Å². The number of hydrogen-bond acceptors (Lipinski definition) is 4. The number of amides is 1. The predicted molar refractivity (Wildman–Crippen MR) is 98.0 cm³/mol. The Morgan fingerprint density at radius 1 is 1.14 bits per heavy atom. The summed E-state index contributed by atoms with van der Waals surface area (Å²) < 4.78 is 67.8. The first kappa shape index (κ1) is 19.9. The first-order valence-electron chi connectivity index (χ1n) is 8.16. The minimum absolute atomic E-state index is 0.191. The van der Waals surface area contributed by atoms with E-state index in [4.69, 9.17) is 4.74 Å². The number of anilines is 1. The van der Waals surface area contributed by atoms with E-state index in [0.29, 0.717) is 11.4 Å². The molecule has 3 rings (SSSR count). The standard InChI is InChI=1S/C19H16F3NO4S/c1-27-17-7-5-15(6-8-17)23(16-9-10-28(25,26)12-16)18(24)13-3-2-4-14(11-13)19(20,21)22/h2-11,16H,12H2,1H3. The molecule has 1 aliphatic heterocycles. The van der Waals surface area contributed by atoms with Crippen molar-refractivity contribution in [2.45, 2.75) is 12.2 Å². The molecule has 0 radical (unpaired) electrons. The molecule has 0 aromatic heterocycles. The lowest BCUT2D eigenvalue weighted by Crippen LogP contribution is -2.41. The quantitative estimate of drug-likeness (QED) is 0.770. The highest BCUT2D eigenvalue weighted by molar-refractivity contribution is 7.94. The number of sulfone groups is 1. The lowest BCUT2D eigenvalue weighted by atomic mass is 10.1. The molecule has 1 heterocycles. The Morgan fingerprint density at radius 3 is 2.36 bits per heavy atom. The van der Waals surface area contributed by atoms with Crippen LogP contribution in [0.3, 0.4) is 0 Å². The number of carbonyl (C=O) groups excluding carboxylic acids is 1. The fourth-order valence-electron chi connectivity index (χ4n) is 2.89. The second-order valence-corrected chi connectivity index (χ2v) is 8.11. The van der Waals surface area contributed by atoms with E-state index >= 15 is 0 Å². The van der Waals surface area contributed by atoms with Crippen molar-refractivity contribution >= 4 is 21.4 Å². The van der Waals surface area contributed by atoms with Gasteiger partial charge in [0.15, 0.2) is 9.84 Å². The SMILES string of the molecule is COc1ccc(N(C(=O)c2cccc(C(F)(F)F)c2)C2C=CS(=O)(=O)C2)cc1. The molecule has 0 spiro atoms. The molecule has 2 aromatic carbocycles. The molecule has 1 unspecified atom stereocenters. The van der Waals surface area contributed by atoms with Crippen LogP contribution in [-0.4, -0.2) is 33.2 Å². The van der Waals surface area contributed by atoms with Crippen molar-refractivity contribution in [3.8, 4) is 5.75 Å². The third-order valence-electron chi connectivity index (χ3n) is 4.25. The van der Waals surface area contributed by atoms with Crippen LogP contribution in [0.1, 0.15) is 15.9 Å². The van der Waals surface area contributed by atoms with Crippen molar-refractivity contribution < 1.29 is 31.1 Å². The van der Waals surface area contributed by atoms with E-state index in [-0.39, 0.29) is 11.3 Å². The van der Waals surface area contributed by atoms with E-state index in [1.54, 1.807) is 24.3 Å². The van der Waals surface area contributed by atoms with Crippen LogP contribution < -0.4 is 9.64 Å². The predicted octanol–water partition coefficient (Wildman–Crippen LogP) is 3.67. The van der Waals surface area contributed by atoms with Crippen LogP contribution in [0, 0.1) is 0 Å². The van der Waals surface area contributed by atoms with Gasteiger partial charge in [0.2, 0.25) is 0 Å². The summed E-state index contributed by atoms with van der Waals surface area (Å²) in [4.78, 5) is 14.3. The Bertz CT molecular complexity index is 1010. The highest BCUT2D eigenvalue weighted by Crippen LogP contribution is 2.31. The van der Waals surface area contributed by atoms with Gasteiger partial charge in [0, 0.05) is 16.7 Å². The molecule has 0 N–H and O–H groups in total. The number of hydrogen-bond donors (Lipinski definition) is 0. The van der Waals surface area contributed by atoms with Crippen molar-refractivity contribution in [2.24, 2.45) is 0 Å². The first-order valence-corrected chi connectivity index (χ1v) is 9.88. The molecular weight excluding hydrogens is 395 g/mol. The van der Waals surface area contributed by atoms with E-state index in [2.05, 4.69) is 0 Å². The maximum Gasteiger partial charge on any atom is 0.416 e. The van der Waals surface area contributed by atoms with Crippen molar-refractivity contribution in [3.63, 3.8) is 0 Å². The van der Waals surface area contributed by atoms with Gasteiger partial charge in [-0.15, -0.1) is 0 Å². The molecule has 2 aromatic rings. The molecule has 9 heteroatoms. The van der Waals surface area contributed by atoms with Gasteiger partial charge in [0.05, 0.1) is 24.5 Å². The van der Waals surface area contributed by atoms with Crippen LogP contribution in [0.5, 0.6) is 5.75 Å². The Hall–Kier alpha value is -2.81. The zero-order valence-electron chi connectivity index (χ0n) is 14.7. The molecule has 0 saturated heterocycles. The van der Waals surface area contributed by atoms with Gasteiger partial charge in [-0.25, -0.2) is 8.42 Å². The van der Waals surface area contributed by atoms with E-state index < -0.39 is 33.5 Å². The molecular formula is C19H16F3NO4S. The first-order chi connectivity index (χ1) is 13.1. The third-order valence-corrected chi connectivity index (χ3v) is 5.63. The largest absolute Gasteiger partial charge is 0.497 e. The maximum absolute atomic E-state index is 13.1. The lowest BCUT2D eigenvalue weighted by molar-refractivity contribution is -0.137. The number of benzene rings is 2. The van der Waals surface area contributed by atoms with Crippen molar-refractivity contribution in [2.75, 3.05) is 17.8 Å². The average Bonchev–Trinajstić information content (AvgIpc) is 3.01. The average molecular weight is 411 g/mol. The highest BCUT2D eigenvalue weighted by Gasteiger charge is 2.34. The summed E-state index contributed by atoms with van der Waals surface area (Å²) in [6, 6.07) is 9.45. The van der Waals surface area contributed by atoms with Crippen LogP contribution >= 0.6 is 0 Å². The van der Waals surface area contributed by atoms with E-state index in [1.165, 1.54) is 24.2 Å². The van der Waals surface area contributed by atoms with Gasteiger partial charge < -0.3 is 9.64 Å². The third kappa shape index (κ3) is 4.19. The maximum atomic E-state index is 13.1. The Labute approximate surface area is 160 Å². The number of carbonyl (C=O) groups is 1. The van der Waals surface area contributed by atoms with Crippen LogP contribution in [0.25, 0.3) is 0 Å². The molecule has 28 heavy (non-hydrogen) atoms. The Balaban J connectivity index is 2.03. The molecule has 5 nitrogen and oxygen atoms in total. The summed E-state index contributed by atoms with van der Waals surface area (Å²) in [5.74, 6) is -0.559. The number of alkyl halides is 3. The number of rotatable bonds is 4. The van der Waals surface area contributed by atoms with Crippen LogP contribution in [0.2, 0.25) is 0 Å². The number of methoxy groups -OCH3 is 1. The molecule has 0 aliphatic carbocycles. The lowest BCUT2D eigenvalue weighted by Gasteiger charge is -2.28. The van der Waals surface area contributed by atoms with Gasteiger partial charge in [0.1, 0.15) is 5.75 Å². The van der Waals surface area contributed by atoms with E-state index in [9.17, 15) is 26.4 Å². The van der Waals surface area contributed by atoms with Gasteiger partial charge in [0.25, 0.3) is 5.91 Å². The molecule has 148 valence electrons. The second kappa shape index (κ2) is 7.31. The summed E-state index contributed by atoms with van der Waals surface area (Å²) in [6.45, 7) is 0. The minimum atomic E-state index is -4.60. The molecule has 0 bridgehead atoms. The molecule has 0 saturated carbocycles. The van der Waals surface area contributed by atoms with Gasteiger partial charge in [-0.3, -0.25) is 4.79 Å². The van der Waals surface area contributed by atoms with Gasteiger partial charge in [-0.05, 0) is 48.5 Å². The summed E-state index contributed by atoms with van der Waals surface area (Å²) in [7, 11) is -2.02. The number of nitrogens with zero attached hydrogens (tertiary/aromatic N) is 1. The van der Waals surface area contributed by atoms with Crippen molar-refractivity contribution in [3.05, 3.63) is 71.1 Å². The van der Waals surface area contributed by atoms with Crippen molar-refractivity contribution in [1.82, 2.24) is 0 Å². The number of halogens is 3. The second-order valence-electron chi connectivity index (χ2n) is 6.18. The van der Waals surface area contributed by atoms with Gasteiger partial charge in [-0.2, -0.15) is 13.2 Å². The van der Waals surface area contributed by atoms with E-state index in [1.807, 2.05) is 0 Å². The van der Waals surface area contributed by atoms with Crippen LogP contribution in [0.15, 0.2) is 60.0 Å². The smallest absolute Gasteiger partial charge is 0.416 e. The normalized spacial score (nSPS) is 18.1. The van der Waals surface area contributed by atoms with E-state index in [0.717, 1.165) is 23.6 Å². The summed E-state index contributed by atoms with van der Waals surface area (Å²) in [5, 5.41) is 1.01. The molecule has 0 fully saturated rings. The summed E-state index contributed by atoms with van der Waals surface area (Å²) >= 11 is 0. The summed E-state index contributed by atoms with van der Waals surface area (Å²) in [6.07, 6.45) is -3.25. The molecule has 1 amide bonds. The summed E-state index contributed by atoms with van der Waals surface area (Å²) in [5.41, 5.74) is -0.805.